The third-order valence-electron chi connectivity index (χ3n) is 3.98. The maximum absolute atomic E-state index is 5.97. The molecule has 1 saturated carbocycles. The van der Waals surface area contributed by atoms with Gasteiger partial charge >= 0.3 is 0 Å². The maximum Gasteiger partial charge on any atom is 0.197 e. The third-order valence-corrected chi connectivity index (χ3v) is 4.76. The van der Waals surface area contributed by atoms with Crippen molar-refractivity contribution in [1.82, 2.24) is 9.97 Å². The van der Waals surface area contributed by atoms with E-state index in [-0.39, 0.29) is 0 Å². The Morgan fingerprint density at radius 1 is 1.33 bits per heavy atom. The molecule has 112 valence electrons. The summed E-state index contributed by atoms with van der Waals surface area (Å²) in [5.74, 6) is 4.85. The summed E-state index contributed by atoms with van der Waals surface area (Å²) in [6.07, 6.45) is 1.22. The molecule has 4 nitrogen and oxygen atoms in total. The Bertz CT molecular complexity index is 666. The molecule has 0 aromatic carbocycles. The lowest BCUT2D eigenvalue weighted by molar-refractivity contribution is 0.514. The number of hydrogen-bond donors (Lipinski definition) is 1. The molecule has 1 aliphatic carbocycles. The first-order valence-corrected chi connectivity index (χ1v) is 8.15. The average Bonchev–Trinajstić information content (AvgIpc) is 3.00. The molecule has 2 unspecified atom stereocenters. The maximum atomic E-state index is 5.97. The molecule has 0 bridgehead atoms. The van der Waals surface area contributed by atoms with Crippen molar-refractivity contribution in [3.63, 3.8) is 0 Å². The van der Waals surface area contributed by atoms with Crippen LogP contribution in [0.4, 0.5) is 5.82 Å². The van der Waals surface area contributed by atoms with E-state index in [1.54, 1.807) is 0 Å². The number of anilines is 1. The van der Waals surface area contributed by atoms with Crippen molar-refractivity contribution in [2.75, 3.05) is 12.4 Å². The lowest BCUT2D eigenvalue weighted by atomic mass is 10.1. The Morgan fingerprint density at radius 2 is 2.05 bits per heavy atom. The van der Waals surface area contributed by atoms with Gasteiger partial charge < -0.3 is 9.73 Å². The van der Waals surface area contributed by atoms with Crippen molar-refractivity contribution < 1.29 is 4.42 Å². The molecule has 0 amide bonds. The van der Waals surface area contributed by atoms with Gasteiger partial charge in [-0.05, 0) is 46.3 Å². The molecule has 1 aliphatic rings. The molecule has 0 radical (unpaired) electrons. The molecule has 1 fully saturated rings. The van der Waals surface area contributed by atoms with Crippen molar-refractivity contribution in [2.24, 2.45) is 5.92 Å². The Labute approximate surface area is 133 Å². The molecule has 21 heavy (non-hydrogen) atoms. The minimum atomic E-state index is 0.311. The quantitative estimate of drug-likeness (QED) is 0.862. The first-order chi connectivity index (χ1) is 10.0. The minimum Gasteiger partial charge on any atom is -0.457 e. The first-order valence-electron chi connectivity index (χ1n) is 7.36. The molecule has 0 aliphatic heterocycles. The van der Waals surface area contributed by atoms with Gasteiger partial charge in [0.25, 0.3) is 0 Å². The smallest absolute Gasteiger partial charge is 0.197 e. The van der Waals surface area contributed by atoms with Crippen LogP contribution in [-0.2, 0) is 0 Å². The van der Waals surface area contributed by atoms with Crippen LogP contribution in [0.3, 0.4) is 0 Å². The second-order valence-electron chi connectivity index (χ2n) is 6.02. The van der Waals surface area contributed by atoms with Crippen molar-refractivity contribution in [3.8, 4) is 11.6 Å². The third kappa shape index (κ3) is 2.71. The number of hydrogen-bond acceptors (Lipinski definition) is 4. The zero-order chi connectivity index (χ0) is 15.1. The number of halogens is 1. The molecule has 2 atom stereocenters. The number of furan rings is 1. The number of aromatic nitrogens is 2. The van der Waals surface area contributed by atoms with Crippen LogP contribution in [0.25, 0.3) is 11.6 Å². The SMILES string of the molecule is CNc1nc(-c2ccc(C3CC3C)o2)nc(C(C)C)c1Br. The molecule has 0 spiro atoms. The van der Waals surface area contributed by atoms with Crippen LogP contribution in [0.2, 0.25) is 0 Å². The summed E-state index contributed by atoms with van der Waals surface area (Å²) < 4.78 is 6.89. The number of nitrogens with zero attached hydrogens (tertiary/aromatic N) is 2. The first kappa shape index (κ1) is 14.6. The van der Waals surface area contributed by atoms with Crippen molar-refractivity contribution in [1.29, 1.82) is 0 Å². The normalized spacial score (nSPS) is 20.9. The fourth-order valence-electron chi connectivity index (χ4n) is 2.51. The Hall–Kier alpha value is -1.36. The topological polar surface area (TPSA) is 51.0 Å². The summed E-state index contributed by atoms with van der Waals surface area (Å²) in [4.78, 5) is 9.22. The molecular weight excluding hydrogens is 330 g/mol. The van der Waals surface area contributed by atoms with Gasteiger partial charge in [-0.2, -0.15) is 0 Å². The van der Waals surface area contributed by atoms with Crippen LogP contribution in [0.5, 0.6) is 0 Å². The predicted molar refractivity (Wildman–Crippen MR) is 87.6 cm³/mol. The zero-order valence-electron chi connectivity index (χ0n) is 12.8. The van der Waals surface area contributed by atoms with E-state index >= 15 is 0 Å². The highest BCUT2D eigenvalue weighted by molar-refractivity contribution is 9.10. The van der Waals surface area contributed by atoms with Crippen LogP contribution < -0.4 is 5.32 Å². The van der Waals surface area contributed by atoms with Crippen molar-refractivity contribution >= 4 is 21.7 Å². The van der Waals surface area contributed by atoms with Crippen molar-refractivity contribution in [3.05, 3.63) is 28.1 Å². The van der Waals surface area contributed by atoms with E-state index < -0.39 is 0 Å². The van der Waals surface area contributed by atoms with Gasteiger partial charge in [0.1, 0.15) is 11.6 Å². The highest BCUT2D eigenvalue weighted by Crippen LogP contribution is 2.48. The van der Waals surface area contributed by atoms with E-state index in [1.165, 1.54) is 6.42 Å². The van der Waals surface area contributed by atoms with Gasteiger partial charge in [0, 0.05) is 13.0 Å². The number of rotatable bonds is 4. The second kappa shape index (κ2) is 5.44. The molecule has 1 N–H and O–H groups in total. The highest BCUT2D eigenvalue weighted by atomic mass is 79.9. The summed E-state index contributed by atoms with van der Waals surface area (Å²) in [6.45, 7) is 6.49. The second-order valence-corrected chi connectivity index (χ2v) is 6.81. The van der Waals surface area contributed by atoms with Gasteiger partial charge in [0.2, 0.25) is 0 Å². The summed E-state index contributed by atoms with van der Waals surface area (Å²) >= 11 is 3.58. The van der Waals surface area contributed by atoms with Gasteiger partial charge in [-0.3, -0.25) is 0 Å². The molecule has 2 heterocycles. The summed E-state index contributed by atoms with van der Waals surface area (Å²) in [6, 6.07) is 4.04. The molecule has 2 aromatic rings. The van der Waals surface area contributed by atoms with E-state index in [4.69, 9.17) is 4.42 Å². The Balaban J connectivity index is 2.01. The largest absolute Gasteiger partial charge is 0.457 e. The van der Waals surface area contributed by atoms with Crippen LogP contribution in [0.1, 0.15) is 50.5 Å². The molecule has 5 heteroatoms. The molecule has 0 saturated heterocycles. The van der Waals surface area contributed by atoms with Crippen LogP contribution in [0.15, 0.2) is 21.0 Å². The predicted octanol–water partition coefficient (Wildman–Crippen LogP) is 4.79. The van der Waals surface area contributed by atoms with Crippen LogP contribution in [-0.4, -0.2) is 17.0 Å². The van der Waals surface area contributed by atoms with Gasteiger partial charge in [0.15, 0.2) is 11.6 Å². The summed E-state index contributed by atoms with van der Waals surface area (Å²) in [5, 5.41) is 3.11. The van der Waals surface area contributed by atoms with E-state index in [0.717, 1.165) is 33.4 Å². The van der Waals surface area contributed by atoms with E-state index in [2.05, 4.69) is 58.1 Å². The molecule has 3 rings (SSSR count). The minimum absolute atomic E-state index is 0.311. The van der Waals surface area contributed by atoms with Gasteiger partial charge in [0.05, 0.1) is 10.2 Å². The monoisotopic (exact) mass is 349 g/mol. The summed E-state index contributed by atoms with van der Waals surface area (Å²) in [7, 11) is 1.86. The molecule has 2 aromatic heterocycles. The van der Waals surface area contributed by atoms with E-state index in [1.807, 2.05) is 13.1 Å². The van der Waals surface area contributed by atoms with E-state index in [0.29, 0.717) is 17.7 Å². The van der Waals surface area contributed by atoms with Gasteiger partial charge in [-0.15, -0.1) is 0 Å². The zero-order valence-corrected chi connectivity index (χ0v) is 14.4. The standard InChI is InChI=1S/C16H20BrN3O/c1-8(2)14-13(17)16(18-4)20-15(19-14)12-6-5-11(21-12)10-7-9(10)3/h5-6,8-10H,7H2,1-4H3,(H,18,19,20). The highest BCUT2D eigenvalue weighted by Gasteiger charge is 2.36. The summed E-state index contributed by atoms with van der Waals surface area (Å²) in [5.41, 5.74) is 0.988. The van der Waals surface area contributed by atoms with Crippen molar-refractivity contribution in [2.45, 2.75) is 39.0 Å². The number of nitrogens with one attached hydrogen (secondary N) is 1. The average molecular weight is 350 g/mol. The Morgan fingerprint density at radius 3 is 2.62 bits per heavy atom. The lowest BCUT2D eigenvalue weighted by Gasteiger charge is -2.12. The Kier molecular flexibility index (Phi) is 3.78. The van der Waals surface area contributed by atoms with Crippen LogP contribution >= 0.6 is 15.9 Å². The fourth-order valence-corrected chi connectivity index (χ4v) is 3.35. The van der Waals surface area contributed by atoms with Crippen LogP contribution in [0, 0.1) is 5.92 Å². The fraction of sp³-hybridized carbons (Fsp3) is 0.500. The van der Waals surface area contributed by atoms with Gasteiger partial charge in [-0.1, -0.05) is 20.8 Å². The lowest BCUT2D eigenvalue weighted by Crippen LogP contribution is -2.04. The van der Waals surface area contributed by atoms with Gasteiger partial charge in [-0.25, -0.2) is 9.97 Å². The van der Waals surface area contributed by atoms with E-state index in [9.17, 15) is 0 Å². The molecular formula is C16H20BrN3O.